The Morgan fingerprint density at radius 1 is 0.833 bits per heavy atom. The standard InChI is InChI=1S/C13H18O2.3Ca.2H3O4P.2H2O/c1-9(2)8-11-4-6-12(7-5-11)10(3)13(14)15;;;;2*1-5(2,3)4;;/h4-7,9-10H,8H2,1-3H3,(H,14,15);;;;2*(H3,1,2,3,4);2*1H2/q;3*+2;;;;/p-6. The van der Waals surface area contributed by atoms with E-state index in [1.165, 1.54) is 5.56 Å². The van der Waals surface area contributed by atoms with E-state index in [1.54, 1.807) is 6.92 Å². The molecule has 0 spiro atoms. The number of hydrogen-bond acceptors (Lipinski definition) is 9. The Balaban J connectivity index is -0.0000000607. The second-order valence-electron chi connectivity index (χ2n) is 5.29. The van der Waals surface area contributed by atoms with E-state index < -0.39 is 27.5 Å². The van der Waals surface area contributed by atoms with Crippen molar-refractivity contribution >= 4 is 135 Å². The number of phosphoric acid groups is 2. The smallest absolute Gasteiger partial charge is 0.822 e. The predicted molar refractivity (Wildman–Crippen MR) is 101 cm³/mol. The van der Waals surface area contributed by atoms with Gasteiger partial charge in [-0.05, 0) is 30.4 Å². The Morgan fingerprint density at radius 2 is 1.10 bits per heavy atom. The first-order valence-electron chi connectivity index (χ1n) is 6.78. The minimum Gasteiger partial charge on any atom is -0.822 e. The predicted octanol–water partition coefficient (Wildman–Crippen LogP) is -5.37. The van der Waals surface area contributed by atoms with E-state index in [1.807, 2.05) is 24.3 Å². The number of carboxylic acid groups (broad SMARTS) is 1. The van der Waals surface area contributed by atoms with Gasteiger partial charge in [0.25, 0.3) is 0 Å². The van der Waals surface area contributed by atoms with Crippen molar-refractivity contribution in [3.63, 3.8) is 0 Å². The van der Waals surface area contributed by atoms with Crippen LogP contribution in [0.25, 0.3) is 0 Å². The van der Waals surface area contributed by atoms with Gasteiger partial charge in [-0.25, -0.2) is 0 Å². The monoisotopic (exact) mass is 552 g/mol. The van der Waals surface area contributed by atoms with Crippen molar-refractivity contribution in [2.45, 2.75) is 33.1 Å². The van der Waals surface area contributed by atoms with E-state index >= 15 is 0 Å². The second-order valence-corrected chi connectivity index (χ2v) is 7.08. The summed E-state index contributed by atoms with van der Waals surface area (Å²) in [7, 11) is -10.8. The quantitative estimate of drug-likeness (QED) is 0.273. The second kappa shape index (κ2) is 24.7. The van der Waals surface area contributed by atoms with Gasteiger partial charge in [-0.3, -0.25) is 4.79 Å². The Bertz CT molecular complexity index is 582. The molecule has 0 saturated carbocycles. The molecule has 0 aliphatic heterocycles. The van der Waals surface area contributed by atoms with Gasteiger partial charge in [-0.1, -0.05) is 38.1 Å². The van der Waals surface area contributed by atoms with Crippen LogP contribution in [-0.2, 0) is 20.3 Å². The van der Waals surface area contributed by atoms with Crippen LogP contribution in [0.4, 0.5) is 0 Å². The fraction of sp³-hybridized carbons (Fsp3) is 0.462. The first-order chi connectivity index (χ1) is 11.0. The first kappa shape index (κ1) is 49.7. The third-order valence-corrected chi connectivity index (χ3v) is 2.49. The van der Waals surface area contributed by atoms with Crippen molar-refractivity contribution in [3.05, 3.63) is 35.4 Å². The number of benzene rings is 1. The molecule has 5 N–H and O–H groups in total. The van der Waals surface area contributed by atoms with Gasteiger partial charge in [0, 0.05) is 0 Å². The fourth-order valence-electron chi connectivity index (χ4n) is 1.56. The number of carboxylic acids is 1. The molecule has 0 heterocycles. The van der Waals surface area contributed by atoms with E-state index in [9.17, 15) is 4.79 Å². The van der Waals surface area contributed by atoms with E-state index in [2.05, 4.69) is 13.8 Å². The Morgan fingerprint density at radius 3 is 1.30 bits per heavy atom. The minimum absolute atomic E-state index is 0. The molecule has 17 heteroatoms. The summed E-state index contributed by atoms with van der Waals surface area (Å²) in [6, 6.07) is 7.87. The molecule has 0 radical (unpaired) electrons. The molecule has 1 aromatic rings. The summed E-state index contributed by atoms with van der Waals surface area (Å²) in [4.78, 5) is 62.1. The van der Waals surface area contributed by atoms with Crippen molar-refractivity contribution in [2.75, 3.05) is 0 Å². The molecule has 1 unspecified atom stereocenters. The molecule has 0 saturated heterocycles. The number of hydrogen-bond donors (Lipinski definition) is 1. The van der Waals surface area contributed by atoms with Crippen LogP contribution >= 0.6 is 15.6 Å². The molecule has 30 heavy (non-hydrogen) atoms. The molecule has 0 aromatic heterocycles. The van der Waals surface area contributed by atoms with E-state index in [0.29, 0.717) is 5.92 Å². The van der Waals surface area contributed by atoms with Crippen molar-refractivity contribution < 1.29 is 59.3 Å². The van der Waals surface area contributed by atoms with Crippen molar-refractivity contribution in [1.29, 1.82) is 0 Å². The zero-order chi connectivity index (χ0) is 20.4. The van der Waals surface area contributed by atoms with E-state index in [4.69, 9.17) is 43.6 Å². The molecule has 12 nitrogen and oxygen atoms in total. The third kappa shape index (κ3) is 44.3. The molecular formula is C13H22Ca3O12P2. The van der Waals surface area contributed by atoms with E-state index in [0.717, 1.165) is 12.0 Å². The summed E-state index contributed by atoms with van der Waals surface area (Å²) < 4.78 is 17.1. The van der Waals surface area contributed by atoms with Gasteiger partial charge in [0.15, 0.2) is 0 Å². The summed E-state index contributed by atoms with van der Waals surface area (Å²) in [6.07, 6.45) is 1.04. The van der Waals surface area contributed by atoms with Crippen LogP contribution in [0, 0.1) is 5.92 Å². The molecule has 1 atom stereocenters. The SMILES string of the molecule is CC(C)Cc1ccc(C(C)C(=O)O)cc1.O.O.O=P([O-])([O-])[O-].O=P([O-])([O-])[O-].[Ca+2].[Ca+2].[Ca+2]. The Kier molecular flexibility index (Phi) is 40.9. The van der Waals surface area contributed by atoms with Crippen molar-refractivity contribution in [3.8, 4) is 0 Å². The fourth-order valence-corrected chi connectivity index (χ4v) is 1.56. The topological polar surface area (TPSA) is 273 Å². The van der Waals surface area contributed by atoms with Crippen LogP contribution in [0.15, 0.2) is 24.3 Å². The van der Waals surface area contributed by atoms with Crippen molar-refractivity contribution in [2.24, 2.45) is 5.92 Å². The van der Waals surface area contributed by atoms with Gasteiger partial charge in [0.2, 0.25) is 0 Å². The summed E-state index contributed by atoms with van der Waals surface area (Å²) in [6.45, 7) is 6.06. The molecular weight excluding hydrogens is 530 g/mol. The molecule has 1 aromatic carbocycles. The number of aliphatic carboxylic acids is 1. The first-order valence-corrected chi connectivity index (χ1v) is 9.70. The average Bonchev–Trinajstić information content (AvgIpc) is 2.34. The van der Waals surface area contributed by atoms with Gasteiger partial charge in [-0.2, -0.15) is 15.6 Å². The van der Waals surface area contributed by atoms with Crippen LogP contribution in [0.3, 0.4) is 0 Å². The molecule has 1 rings (SSSR count). The zero-order valence-corrected chi connectivity index (χ0v) is 25.2. The van der Waals surface area contributed by atoms with Crippen LogP contribution in [0.1, 0.15) is 37.8 Å². The minimum atomic E-state index is -5.39. The van der Waals surface area contributed by atoms with Gasteiger partial charge in [0.1, 0.15) is 0 Å². The third-order valence-electron chi connectivity index (χ3n) is 2.49. The summed E-state index contributed by atoms with van der Waals surface area (Å²) >= 11 is 0. The molecule has 0 aliphatic carbocycles. The van der Waals surface area contributed by atoms with Gasteiger partial charge in [0.05, 0.1) is 5.92 Å². The van der Waals surface area contributed by atoms with Crippen molar-refractivity contribution in [1.82, 2.24) is 0 Å². The summed E-state index contributed by atoms with van der Waals surface area (Å²) in [5, 5.41) is 8.85. The largest absolute Gasteiger partial charge is 2.00 e. The maximum absolute atomic E-state index is 10.8. The maximum atomic E-state index is 10.8. The molecule has 0 fully saturated rings. The Labute approximate surface area is 264 Å². The summed E-state index contributed by atoms with van der Waals surface area (Å²) in [5.41, 5.74) is 2.14. The molecule has 0 amide bonds. The van der Waals surface area contributed by atoms with Crippen LogP contribution in [-0.4, -0.2) is 135 Å². The molecule has 162 valence electrons. The average molecular weight is 552 g/mol. The maximum Gasteiger partial charge on any atom is 2.00 e. The van der Waals surface area contributed by atoms with Crippen LogP contribution < -0.4 is 29.4 Å². The van der Waals surface area contributed by atoms with Gasteiger partial charge >= 0.3 is 119 Å². The van der Waals surface area contributed by atoms with E-state index in [-0.39, 0.29) is 124 Å². The normalized spacial score (nSPS) is 10.3. The van der Waals surface area contributed by atoms with Gasteiger partial charge < -0.3 is 54.5 Å². The molecule has 0 aliphatic rings. The van der Waals surface area contributed by atoms with Gasteiger partial charge in [-0.15, -0.1) is 0 Å². The zero-order valence-electron chi connectivity index (χ0n) is 16.8. The summed E-state index contributed by atoms with van der Waals surface area (Å²) in [5.74, 6) is -0.558. The molecule has 0 bridgehead atoms. The number of carbonyl (C=O) groups is 1. The number of rotatable bonds is 4. The van der Waals surface area contributed by atoms with Crippen LogP contribution in [0.2, 0.25) is 0 Å². The Hall–Kier alpha value is 2.61. The van der Waals surface area contributed by atoms with Crippen LogP contribution in [0.5, 0.6) is 0 Å².